The van der Waals surface area contributed by atoms with Gasteiger partial charge >= 0.3 is 0 Å². The number of halogens is 4. The van der Waals surface area contributed by atoms with E-state index in [9.17, 15) is 17.6 Å². The number of sulfone groups is 1. The van der Waals surface area contributed by atoms with Crippen LogP contribution >= 0.6 is 23.2 Å². The lowest BCUT2D eigenvalue weighted by Crippen LogP contribution is -2.24. The SMILES string of the molecule is Cc1cnc(-c2cccc(S(C)(=O)=O)c2Cl)c(F)c1-n1c(C)cc([C@H]2C[C@@H]2c2cncc(F)c2)c(Cl)c1=O. The van der Waals surface area contributed by atoms with Crippen molar-refractivity contribution < 1.29 is 17.2 Å². The smallest absolute Gasteiger partial charge is 0.274 e. The molecule has 1 aliphatic carbocycles. The van der Waals surface area contributed by atoms with Crippen molar-refractivity contribution in [3.8, 4) is 16.9 Å². The summed E-state index contributed by atoms with van der Waals surface area (Å²) in [6.07, 6.45) is 5.79. The molecule has 0 aliphatic heterocycles. The summed E-state index contributed by atoms with van der Waals surface area (Å²) in [5, 5.41) is -0.220. The van der Waals surface area contributed by atoms with E-state index in [1.165, 1.54) is 35.0 Å². The Morgan fingerprint density at radius 2 is 1.76 bits per heavy atom. The first kappa shape index (κ1) is 26.5. The highest BCUT2D eigenvalue weighted by Crippen LogP contribution is 2.55. The summed E-state index contributed by atoms with van der Waals surface area (Å²) in [6, 6.07) is 7.38. The Labute approximate surface area is 227 Å². The number of aryl methyl sites for hydroxylation is 2. The van der Waals surface area contributed by atoms with Gasteiger partial charge in [0, 0.05) is 29.9 Å². The van der Waals surface area contributed by atoms with Crippen LogP contribution in [0.5, 0.6) is 0 Å². The predicted molar refractivity (Wildman–Crippen MR) is 142 cm³/mol. The molecule has 1 fully saturated rings. The monoisotopic (exact) mass is 575 g/mol. The average molecular weight is 576 g/mol. The van der Waals surface area contributed by atoms with E-state index >= 15 is 4.39 Å². The molecule has 196 valence electrons. The Hall–Kier alpha value is -3.14. The Bertz CT molecular complexity index is 1790. The fraction of sp³-hybridized carbons (Fsp3) is 0.222. The van der Waals surface area contributed by atoms with Crippen LogP contribution in [0.1, 0.15) is 40.6 Å². The first-order valence-electron chi connectivity index (χ1n) is 11.6. The van der Waals surface area contributed by atoms with Crippen LogP contribution in [0.15, 0.2) is 58.6 Å². The van der Waals surface area contributed by atoms with Crippen molar-refractivity contribution in [2.24, 2.45) is 0 Å². The van der Waals surface area contributed by atoms with Gasteiger partial charge in [-0.3, -0.25) is 19.3 Å². The van der Waals surface area contributed by atoms with E-state index in [-0.39, 0.29) is 43.7 Å². The molecule has 0 bridgehead atoms. The Morgan fingerprint density at radius 3 is 2.45 bits per heavy atom. The van der Waals surface area contributed by atoms with Crippen molar-refractivity contribution in [2.45, 2.75) is 37.0 Å². The Balaban J connectivity index is 1.62. The third kappa shape index (κ3) is 4.52. The predicted octanol–water partition coefficient (Wildman–Crippen LogP) is 6.17. The van der Waals surface area contributed by atoms with Crippen LogP contribution in [0.3, 0.4) is 0 Å². The molecule has 0 amide bonds. The number of rotatable bonds is 5. The van der Waals surface area contributed by atoms with Crippen molar-refractivity contribution in [2.75, 3.05) is 6.26 Å². The fourth-order valence-corrected chi connectivity index (χ4v) is 6.50. The summed E-state index contributed by atoms with van der Waals surface area (Å²) >= 11 is 12.9. The summed E-state index contributed by atoms with van der Waals surface area (Å²) < 4.78 is 55.2. The maximum absolute atomic E-state index is 16.1. The van der Waals surface area contributed by atoms with Crippen molar-refractivity contribution >= 4 is 33.0 Å². The molecule has 6 nitrogen and oxygen atoms in total. The second-order valence-electron chi connectivity index (χ2n) is 9.42. The van der Waals surface area contributed by atoms with E-state index in [1.807, 2.05) is 0 Å². The van der Waals surface area contributed by atoms with E-state index in [2.05, 4.69) is 9.97 Å². The highest BCUT2D eigenvalue weighted by Gasteiger charge is 2.42. The van der Waals surface area contributed by atoms with Crippen molar-refractivity contribution in [1.82, 2.24) is 14.5 Å². The molecule has 5 rings (SSSR count). The summed E-state index contributed by atoms with van der Waals surface area (Å²) in [5.74, 6) is -1.40. The lowest BCUT2D eigenvalue weighted by molar-refractivity contribution is 0.601. The summed E-state index contributed by atoms with van der Waals surface area (Å²) in [6.45, 7) is 3.27. The zero-order chi connectivity index (χ0) is 27.5. The molecule has 0 radical (unpaired) electrons. The fourth-order valence-electron chi connectivity index (χ4n) is 4.83. The number of hydrogen-bond acceptors (Lipinski definition) is 5. The topological polar surface area (TPSA) is 81.9 Å². The van der Waals surface area contributed by atoms with Crippen LogP contribution in [0, 0.1) is 25.5 Å². The molecule has 2 atom stereocenters. The second-order valence-corrected chi connectivity index (χ2v) is 12.2. The Kier molecular flexibility index (Phi) is 6.65. The van der Waals surface area contributed by atoms with Gasteiger partial charge in [0.25, 0.3) is 5.56 Å². The van der Waals surface area contributed by atoms with Gasteiger partial charge in [-0.25, -0.2) is 17.2 Å². The maximum Gasteiger partial charge on any atom is 0.274 e. The van der Waals surface area contributed by atoms with Crippen LogP contribution in [0.2, 0.25) is 10.0 Å². The summed E-state index contributed by atoms with van der Waals surface area (Å²) in [5.41, 5.74) is 1.34. The van der Waals surface area contributed by atoms with Gasteiger partial charge in [0.1, 0.15) is 16.5 Å². The van der Waals surface area contributed by atoms with E-state index in [4.69, 9.17) is 23.2 Å². The third-order valence-electron chi connectivity index (χ3n) is 6.72. The van der Waals surface area contributed by atoms with Crippen LogP contribution in [-0.4, -0.2) is 29.2 Å². The van der Waals surface area contributed by atoms with Gasteiger partial charge in [0.2, 0.25) is 0 Å². The van der Waals surface area contributed by atoms with Gasteiger partial charge in [-0.1, -0.05) is 35.3 Å². The molecule has 0 unspecified atom stereocenters. The molecule has 0 spiro atoms. The zero-order valence-corrected chi connectivity index (χ0v) is 22.8. The van der Waals surface area contributed by atoms with Gasteiger partial charge < -0.3 is 0 Å². The van der Waals surface area contributed by atoms with Crippen LogP contribution in [0.4, 0.5) is 8.78 Å². The zero-order valence-electron chi connectivity index (χ0n) is 20.5. The highest BCUT2D eigenvalue weighted by molar-refractivity contribution is 7.90. The molecular weight excluding hydrogens is 555 g/mol. The van der Waals surface area contributed by atoms with E-state index in [0.29, 0.717) is 23.2 Å². The van der Waals surface area contributed by atoms with Crippen LogP contribution in [-0.2, 0) is 9.84 Å². The van der Waals surface area contributed by atoms with Crippen LogP contribution in [0.25, 0.3) is 16.9 Å². The van der Waals surface area contributed by atoms with Crippen LogP contribution < -0.4 is 5.56 Å². The van der Waals surface area contributed by atoms with E-state index in [0.717, 1.165) is 18.0 Å². The molecule has 1 aliphatic rings. The molecule has 4 aromatic rings. The molecular formula is C27H21Cl2F2N3O3S. The Morgan fingerprint density at radius 1 is 1.03 bits per heavy atom. The van der Waals surface area contributed by atoms with Gasteiger partial charge in [-0.05, 0) is 67.0 Å². The minimum Gasteiger partial charge on any atom is -0.277 e. The van der Waals surface area contributed by atoms with Crippen molar-refractivity contribution in [3.05, 3.63) is 103 Å². The number of aromatic nitrogens is 3. The van der Waals surface area contributed by atoms with Gasteiger partial charge in [0.05, 0.1) is 21.8 Å². The lowest BCUT2D eigenvalue weighted by atomic mass is 10.0. The first-order chi connectivity index (χ1) is 17.9. The van der Waals surface area contributed by atoms with Gasteiger partial charge in [0.15, 0.2) is 15.7 Å². The minimum absolute atomic E-state index is 0.0272. The number of benzene rings is 1. The molecule has 0 saturated heterocycles. The molecule has 0 N–H and O–H groups in total. The molecule has 11 heteroatoms. The van der Waals surface area contributed by atoms with Gasteiger partial charge in [-0.2, -0.15) is 0 Å². The molecule has 1 aromatic carbocycles. The van der Waals surface area contributed by atoms with Gasteiger partial charge in [-0.15, -0.1) is 0 Å². The lowest BCUT2D eigenvalue weighted by Gasteiger charge is -2.18. The summed E-state index contributed by atoms with van der Waals surface area (Å²) in [4.78, 5) is 21.4. The normalized spacial score (nSPS) is 17.0. The molecule has 3 aromatic heterocycles. The largest absolute Gasteiger partial charge is 0.277 e. The van der Waals surface area contributed by atoms with Crippen molar-refractivity contribution in [3.63, 3.8) is 0 Å². The maximum atomic E-state index is 16.1. The standard InChI is InChI=1S/C27H21Cl2F2N3O3S/c1-13-10-33-25(17-5-4-6-21(22(17)28)38(3,36)37)24(31)26(13)34-14(2)7-20(23(29)27(34)35)19-9-18(19)15-8-16(30)12-32-11-15/h4-8,10-12,18-19H,9H2,1-3H3/t18-,19+/m1/s1. The average Bonchev–Trinajstić information content (AvgIpc) is 3.64. The van der Waals surface area contributed by atoms with E-state index in [1.54, 1.807) is 26.1 Å². The molecule has 1 saturated carbocycles. The first-order valence-corrected chi connectivity index (χ1v) is 14.2. The third-order valence-corrected chi connectivity index (χ3v) is 8.76. The number of hydrogen-bond donors (Lipinski definition) is 0. The molecule has 38 heavy (non-hydrogen) atoms. The highest BCUT2D eigenvalue weighted by atomic mass is 35.5. The van der Waals surface area contributed by atoms with Crippen molar-refractivity contribution in [1.29, 1.82) is 0 Å². The molecule has 3 heterocycles. The minimum atomic E-state index is -3.68. The van der Waals surface area contributed by atoms with E-state index < -0.39 is 27.0 Å². The summed E-state index contributed by atoms with van der Waals surface area (Å²) in [7, 11) is -3.68. The number of nitrogens with zero attached hydrogens (tertiary/aromatic N) is 3. The second kappa shape index (κ2) is 9.55. The quantitative estimate of drug-likeness (QED) is 0.284. The number of pyridine rings is 3.